The van der Waals surface area contributed by atoms with Crippen LogP contribution in [-0.4, -0.2) is 10.1 Å². The van der Waals surface area contributed by atoms with Crippen molar-refractivity contribution in [2.45, 2.75) is 33.3 Å². The zero-order chi connectivity index (χ0) is 15.0. The van der Waals surface area contributed by atoms with Gasteiger partial charge in [0.2, 0.25) is 0 Å². The average Bonchev–Trinajstić information content (AvgIpc) is 3.02. The van der Waals surface area contributed by atoms with Gasteiger partial charge in [0, 0.05) is 28.7 Å². The van der Waals surface area contributed by atoms with Crippen LogP contribution in [0.3, 0.4) is 0 Å². The number of hydrogen-bond donors (Lipinski definition) is 1. The summed E-state index contributed by atoms with van der Waals surface area (Å²) < 4.78 is 24.6. The molecule has 110 valence electrons. The predicted molar refractivity (Wildman–Crippen MR) is 77.9 cm³/mol. The summed E-state index contributed by atoms with van der Waals surface area (Å²) >= 11 is 0. The molecule has 0 radical (unpaired) electrons. The lowest BCUT2D eigenvalue weighted by molar-refractivity contribution is 0.240. The first-order valence-electron chi connectivity index (χ1n) is 6.90. The number of rotatable bonds is 4. The standard InChI is InChI=1S/C16H17FN2O2/c1-9(2)14-6-11-5-13(17)16(7-15(11)18-14)20-8-12-4-10(3)19-21-12/h4-7,9,18H,8H2,1-3H3. The summed E-state index contributed by atoms with van der Waals surface area (Å²) in [5.74, 6) is 0.755. The van der Waals surface area contributed by atoms with Crippen molar-refractivity contribution in [3.63, 3.8) is 0 Å². The zero-order valence-corrected chi connectivity index (χ0v) is 12.2. The van der Waals surface area contributed by atoms with Gasteiger partial charge >= 0.3 is 0 Å². The van der Waals surface area contributed by atoms with Crippen molar-refractivity contribution in [2.24, 2.45) is 0 Å². The summed E-state index contributed by atoms with van der Waals surface area (Å²) in [6.45, 7) is 6.16. The van der Waals surface area contributed by atoms with E-state index in [2.05, 4.69) is 24.0 Å². The maximum absolute atomic E-state index is 14.1. The highest BCUT2D eigenvalue weighted by Crippen LogP contribution is 2.28. The van der Waals surface area contributed by atoms with E-state index in [1.54, 1.807) is 12.1 Å². The third kappa shape index (κ3) is 2.77. The Bertz CT molecular complexity index is 774. The molecule has 0 aliphatic rings. The molecular formula is C16H17FN2O2. The molecule has 4 nitrogen and oxygen atoms in total. The van der Waals surface area contributed by atoms with Crippen LogP contribution in [0.1, 0.15) is 36.9 Å². The number of nitrogens with zero attached hydrogens (tertiary/aromatic N) is 1. The van der Waals surface area contributed by atoms with E-state index in [9.17, 15) is 4.39 Å². The lowest BCUT2D eigenvalue weighted by atomic mass is 10.1. The molecule has 1 N–H and O–H groups in total. The average molecular weight is 288 g/mol. The van der Waals surface area contributed by atoms with Crippen LogP contribution in [0.15, 0.2) is 28.8 Å². The second-order valence-electron chi connectivity index (χ2n) is 5.47. The summed E-state index contributed by atoms with van der Waals surface area (Å²) in [7, 11) is 0. The SMILES string of the molecule is Cc1cc(COc2cc3[nH]c(C(C)C)cc3cc2F)on1. The van der Waals surface area contributed by atoms with E-state index in [4.69, 9.17) is 9.26 Å². The van der Waals surface area contributed by atoms with Gasteiger partial charge in [-0.15, -0.1) is 0 Å². The van der Waals surface area contributed by atoms with Crippen molar-refractivity contribution in [1.82, 2.24) is 10.1 Å². The van der Waals surface area contributed by atoms with Gasteiger partial charge in [-0.3, -0.25) is 0 Å². The molecule has 2 heterocycles. The van der Waals surface area contributed by atoms with E-state index in [1.807, 2.05) is 13.0 Å². The largest absolute Gasteiger partial charge is 0.482 e. The molecule has 0 aliphatic carbocycles. The molecule has 0 spiro atoms. The van der Waals surface area contributed by atoms with E-state index in [-0.39, 0.29) is 18.2 Å². The van der Waals surface area contributed by atoms with E-state index in [0.717, 1.165) is 22.3 Å². The summed E-state index contributed by atoms with van der Waals surface area (Å²) in [5.41, 5.74) is 2.71. The number of aromatic nitrogens is 2. The fourth-order valence-electron chi connectivity index (χ4n) is 2.21. The van der Waals surface area contributed by atoms with Crippen molar-refractivity contribution in [1.29, 1.82) is 0 Å². The summed E-state index contributed by atoms with van der Waals surface area (Å²) in [4.78, 5) is 3.28. The highest BCUT2D eigenvalue weighted by Gasteiger charge is 2.11. The smallest absolute Gasteiger partial charge is 0.174 e. The normalized spacial score (nSPS) is 11.5. The molecule has 0 bridgehead atoms. The Kier molecular flexibility index (Phi) is 3.41. The van der Waals surface area contributed by atoms with Crippen LogP contribution in [-0.2, 0) is 6.61 Å². The van der Waals surface area contributed by atoms with Gasteiger partial charge in [-0.1, -0.05) is 19.0 Å². The van der Waals surface area contributed by atoms with Crippen LogP contribution in [0.5, 0.6) is 5.75 Å². The number of aromatic amines is 1. The first-order chi connectivity index (χ1) is 10.0. The Hall–Kier alpha value is -2.30. The first-order valence-corrected chi connectivity index (χ1v) is 6.90. The van der Waals surface area contributed by atoms with E-state index in [0.29, 0.717) is 11.7 Å². The lowest BCUT2D eigenvalue weighted by Gasteiger charge is -2.05. The molecule has 0 aliphatic heterocycles. The predicted octanol–water partition coefficient (Wildman–Crippen LogP) is 4.31. The Morgan fingerprint density at radius 2 is 2.10 bits per heavy atom. The van der Waals surface area contributed by atoms with Gasteiger partial charge in [-0.25, -0.2) is 4.39 Å². The number of aryl methyl sites for hydroxylation is 1. The number of H-pyrrole nitrogens is 1. The van der Waals surface area contributed by atoms with Gasteiger partial charge in [0.05, 0.1) is 5.69 Å². The second kappa shape index (κ2) is 5.24. The topological polar surface area (TPSA) is 51.0 Å². The molecule has 0 saturated heterocycles. The Morgan fingerprint density at radius 1 is 1.29 bits per heavy atom. The number of nitrogens with one attached hydrogen (secondary N) is 1. The van der Waals surface area contributed by atoms with Gasteiger partial charge in [0.1, 0.15) is 6.61 Å². The Labute approximate surface area is 121 Å². The van der Waals surface area contributed by atoms with Crippen molar-refractivity contribution >= 4 is 10.9 Å². The van der Waals surface area contributed by atoms with Crippen molar-refractivity contribution in [3.8, 4) is 5.75 Å². The van der Waals surface area contributed by atoms with Crippen LogP contribution in [0, 0.1) is 12.7 Å². The number of ether oxygens (including phenoxy) is 1. The van der Waals surface area contributed by atoms with Crippen molar-refractivity contribution in [3.05, 3.63) is 47.2 Å². The molecule has 0 atom stereocenters. The molecule has 5 heteroatoms. The molecule has 3 rings (SSSR count). The van der Waals surface area contributed by atoms with E-state index in [1.165, 1.54) is 6.07 Å². The minimum atomic E-state index is -0.381. The van der Waals surface area contributed by atoms with Gasteiger partial charge in [0.25, 0.3) is 0 Å². The van der Waals surface area contributed by atoms with Crippen LogP contribution in [0.25, 0.3) is 10.9 Å². The zero-order valence-electron chi connectivity index (χ0n) is 12.2. The van der Waals surface area contributed by atoms with Gasteiger partial charge in [-0.05, 0) is 25.0 Å². The second-order valence-corrected chi connectivity index (χ2v) is 5.47. The third-order valence-corrected chi connectivity index (χ3v) is 3.36. The number of hydrogen-bond acceptors (Lipinski definition) is 3. The minimum Gasteiger partial charge on any atom is -0.482 e. The fraction of sp³-hybridized carbons (Fsp3) is 0.312. The quantitative estimate of drug-likeness (QED) is 0.778. The lowest BCUT2D eigenvalue weighted by Crippen LogP contribution is -1.96. The highest BCUT2D eigenvalue weighted by molar-refractivity contribution is 5.82. The number of fused-ring (bicyclic) bond motifs is 1. The molecule has 0 saturated carbocycles. The summed E-state index contributed by atoms with van der Waals surface area (Å²) in [5, 5.41) is 4.62. The molecule has 0 fully saturated rings. The van der Waals surface area contributed by atoms with E-state index < -0.39 is 0 Å². The Balaban J connectivity index is 1.86. The molecule has 0 unspecified atom stereocenters. The van der Waals surface area contributed by atoms with Gasteiger partial charge in [-0.2, -0.15) is 0 Å². The van der Waals surface area contributed by atoms with Crippen molar-refractivity contribution < 1.29 is 13.7 Å². The maximum Gasteiger partial charge on any atom is 0.174 e. The number of benzene rings is 1. The van der Waals surface area contributed by atoms with Crippen molar-refractivity contribution in [2.75, 3.05) is 0 Å². The number of halogens is 1. The molecule has 1 aromatic carbocycles. The molecular weight excluding hydrogens is 271 g/mol. The first kappa shape index (κ1) is 13.7. The highest BCUT2D eigenvalue weighted by atomic mass is 19.1. The van der Waals surface area contributed by atoms with Crippen LogP contribution in [0.2, 0.25) is 0 Å². The van der Waals surface area contributed by atoms with Crippen LogP contribution < -0.4 is 4.74 Å². The third-order valence-electron chi connectivity index (χ3n) is 3.36. The molecule has 3 aromatic rings. The van der Waals surface area contributed by atoms with Crippen LogP contribution >= 0.6 is 0 Å². The molecule has 2 aromatic heterocycles. The molecule has 0 amide bonds. The maximum atomic E-state index is 14.1. The summed E-state index contributed by atoms with van der Waals surface area (Å²) in [6.07, 6.45) is 0. The van der Waals surface area contributed by atoms with Crippen LogP contribution in [0.4, 0.5) is 4.39 Å². The Morgan fingerprint density at radius 3 is 2.76 bits per heavy atom. The van der Waals surface area contributed by atoms with Gasteiger partial charge in [0.15, 0.2) is 17.3 Å². The summed E-state index contributed by atoms with van der Waals surface area (Å²) in [6, 6.07) is 6.90. The minimum absolute atomic E-state index is 0.154. The van der Waals surface area contributed by atoms with Gasteiger partial charge < -0.3 is 14.2 Å². The van der Waals surface area contributed by atoms with E-state index >= 15 is 0 Å². The monoisotopic (exact) mass is 288 g/mol. The molecule has 21 heavy (non-hydrogen) atoms. The fourth-order valence-corrected chi connectivity index (χ4v) is 2.21.